The van der Waals surface area contributed by atoms with E-state index in [1.54, 1.807) is 11.7 Å². The summed E-state index contributed by atoms with van der Waals surface area (Å²) >= 11 is 0. The quantitative estimate of drug-likeness (QED) is 0.381. The van der Waals surface area contributed by atoms with Crippen LogP contribution < -0.4 is 16.4 Å². The molecule has 28 heavy (non-hydrogen) atoms. The molecule has 2 aromatic rings. The molecule has 1 aromatic carbocycles. The Bertz CT molecular complexity index is 832. The molecule has 8 nitrogen and oxygen atoms in total. The number of para-hydroxylation sites is 1. The zero-order valence-electron chi connectivity index (χ0n) is 16.2. The molecule has 1 saturated heterocycles. The Labute approximate surface area is 165 Å². The van der Waals surface area contributed by atoms with E-state index < -0.39 is 0 Å². The summed E-state index contributed by atoms with van der Waals surface area (Å²) in [7, 11) is 1.75. The zero-order valence-corrected chi connectivity index (χ0v) is 16.2. The third kappa shape index (κ3) is 4.81. The highest BCUT2D eigenvalue weighted by Crippen LogP contribution is 2.21. The number of guanidine groups is 1. The van der Waals surface area contributed by atoms with Gasteiger partial charge in [-0.2, -0.15) is 10.4 Å². The fourth-order valence-electron chi connectivity index (χ4n) is 3.24. The molecule has 1 aliphatic heterocycles. The first-order valence-corrected chi connectivity index (χ1v) is 9.62. The van der Waals surface area contributed by atoms with Gasteiger partial charge in [-0.15, -0.1) is 0 Å². The molecule has 1 aliphatic rings. The van der Waals surface area contributed by atoms with Crippen LogP contribution in [0.5, 0.6) is 0 Å². The van der Waals surface area contributed by atoms with Crippen LogP contribution in [0, 0.1) is 11.3 Å². The fraction of sp³-hybridized carbons (Fsp3) is 0.450. The molecule has 2 heterocycles. The van der Waals surface area contributed by atoms with Crippen LogP contribution in [0.2, 0.25) is 0 Å². The van der Waals surface area contributed by atoms with Gasteiger partial charge in [0.15, 0.2) is 5.96 Å². The minimum absolute atomic E-state index is 0.265. The molecule has 0 amide bonds. The molecule has 0 aliphatic carbocycles. The van der Waals surface area contributed by atoms with Crippen LogP contribution in [0.3, 0.4) is 0 Å². The van der Waals surface area contributed by atoms with E-state index in [0.717, 1.165) is 44.1 Å². The van der Waals surface area contributed by atoms with Crippen LogP contribution in [0.15, 0.2) is 35.3 Å². The maximum Gasteiger partial charge on any atom is 0.191 e. The topological polar surface area (TPSA) is 113 Å². The number of nitrogens with zero attached hydrogens (tertiary/aromatic N) is 4. The largest absolute Gasteiger partial charge is 0.382 e. The molecule has 148 valence electrons. The third-order valence-corrected chi connectivity index (χ3v) is 4.73. The number of nitriles is 1. The second kappa shape index (κ2) is 9.76. The van der Waals surface area contributed by atoms with Crippen molar-refractivity contribution in [3.8, 4) is 11.8 Å². The summed E-state index contributed by atoms with van der Waals surface area (Å²) in [5.41, 5.74) is 8.15. The van der Waals surface area contributed by atoms with E-state index in [-0.39, 0.29) is 6.10 Å². The van der Waals surface area contributed by atoms with Crippen molar-refractivity contribution in [3.63, 3.8) is 0 Å². The van der Waals surface area contributed by atoms with Crippen molar-refractivity contribution in [2.75, 3.05) is 32.5 Å². The maximum absolute atomic E-state index is 9.48. The van der Waals surface area contributed by atoms with E-state index in [1.807, 2.05) is 30.3 Å². The first kappa shape index (κ1) is 19.7. The summed E-state index contributed by atoms with van der Waals surface area (Å²) in [5, 5.41) is 20.6. The lowest BCUT2D eigenvalue weighted by Gasteiger charge is -2.14. The number of hydrogen-bond acceptors (Lipinski definition) is 5. The van der Waals surface area contributed by atoms with Crippen molar-refractivity contribution in [1.82, 2.24) is 20.4 Å². The number of nitrogen functional groups attached to an aromatic ring is 1. The van der Waals surface area contributed by atoms with Crippen molar-refractivity contribution < 1.29 is 4.74 Å². The van der Waals surface area contributed by atoms with E-state index in [4.69, 9.17) is 10.5 Å². The first-order valence-electron chi connectivity index (χ1n) is 9.62. The zero-order chi connectivity index (χ0) is 19.8. The Morgan fingerprint density at radius 3 is 2.89 bits per heavy atom. The van der Waals surface area contributed by atoms with Gasteiger partial charge < -0.3 is 21.1 Å². The summed E-state index contributed by atoms with van der Waals surface area (Å²) in [4.78, 5) is 4.23. The number of nitrogens with two attached hydrogens (primary N) is 1. The van der Waals surface area contributed by atoms with Crippen LogP contribution in [-0.4, -0.2) is 48.6 Å². The molecule has 8 heteroatoms. The summed E-state index contributed by atoms with van der Waals surface area (Å²) in [6.07, 6.45) is 3.94. The van der Waals surface area contributed by atoms with Crippen LogP contribution in [0.1, 0.15) is 30.5 Å². The molecular formula is C20H27N7O. The molecule has 1 aromatic heterocycles. The number of benzene rings is 1. The fourth-order valence-corrected chi connectivity index (χ4v) is 3.24. The molecular weight excluding hydrogens is 354 g/mol. The summed E-state index contributed by atoms with van der Waals surface area (Å²) < 4.78 is 7.24. The number of hydrogen-bond donors (Lipinski definition) is 3. The third-order valence-electron chi connectivity index (χ3n) is 4.73. The Morgan fingerprint density at radius 1 is 1.39 bits per heavy atom. The minimum Gasteiger partial charge on any atom is -0.382 e. The molecule has 1 atom stereocenters. The first-order chi connectivity index (χ1) is 13.7. The maximum atomic E-state index is 9.48. The van der Waals surface area contributed by atoms with Crippen LogP contribution in [-0.2, 0) is 11.2 Å². The highest BCUT2D eigenvalue weighted by molar-refractivity contribution is 5.79. The number of aryl methyl sites for hydroxylation is 1. The van der Waals surface area contributed by atoms with Gasteiger partial charge in [0.1, 0.15) is 17.5 Å². The monoisotopic (exact) mass is 381 g/mol. The van der Waals surface area contributed by atoms with Gasteiger partial charge in [-0.25, -0.2) is 4.68 Å². The number of ether oxygens (including phenoxy) is 1. The summed E-state index contributed by atoms with van der Waals surface area (Å²) in [6, 6.07) is 11.8. The molecule has 4 N–H and O–H groups in total. The van der Waals surface area contributed by atoms with E-state index in [1.165, 1.54) is 0 Å². The van der Waals surface area contributed by atoms with Crippen molar-refractivity contribution in [3.05, 3.63) is 41.6 Å². The molecule has 1 fully saturated rings. The van der Waals surface area contributed by atoms with Gasteiger partial charge >= 0.3 is 0 Å². The highest BCUT2D eigenvalue weighted by atomic mass is 16.5. The molecule has 0 radical (unpaired) electrons. The second-order valence-corrected chi connectivity index (χ2v) is 6.68. The molecule has 3 rings (SSSR count). The average Bonchev–Trinajstić information content (AvgIpc) is 3.35. The smallest absolute Gasteiger partial charge is 0.191 e. The number of rotatable bonds is 7. The van der Waals surface area contributed by atoms with Gasteiger partial charge in [-0.3, -0.25) is 4.99 Å². The van der Waals surface area contributed by atoms with Crippen molar-refractivity contribution in [2.24, 2.45) is 4.99 Å². The summed E-state index contributed by atoms with van der Waals surface area (Å²) in [5.74, 6) is 1.14. The molecule has 1 unspecified atom stereocenters. The Kier molecular flexibility index (Phi) is 6.87. The number of aliphatic imine (C=N–C) groups is 1. The molecule has 0 spiro atoms. The van der Waals surface area contributed by atoms with E-state index in [0.29, 0.717) is 30.0 Å². The van der Waals surface area contributed by atoms with Crippen molar-refractivity contribution >= 4 is 11.8 Å². The van der Waals surface area contributed by atoms with Crippen LogP contribution >= 0.6 is 0 Å². The molecule has 0 bridgehead atoms. The van der Waals surface area contributed by atoms with Crippen molar-refractivity contribution in [2.45, 2.75) is 31.8 Å². The lowest BCUT2D eigenvalue weighted by molar-refractivity contribution is 0.114. The standard InChI is InChI=1S/C20H27N7O/c1-23-20(25-14-16-9-6-12-28-16)24-11-5-10-18-17(13-21)19(22)27(26-18)15-7-3-2-4-8-15/h2-4,7-8,16H,5-6,9-12,14,22H2,1H3,(H2,23,24,25). The van der Waals surface area contributed by atoms with E-state index in [2.05, 4.69) is 26.8 Å². The summed E-state index contributed by atoms with van der Waals surface area (Å²) in [6.45, 7) is 2.32. The van der Waals surface area contributed by atoms with Crippen LogP contribution in [0.25, 0.3) is 5.69 Å². The van der Waals surface area contributed by atoms with Gasteiger partial charge in [0.2, 0.25) is 0 Å². The van der Waals surface area contributed by atoms with E-state index >= 15 is 0 Å². The molecule has 0 saturated carbocycles. The van der Waals surface area contributed by atoms with Crippen molar-refractivity contribution in [1.29, 1.82) is 5.26 Å². The van der Waals surface area contributed by atoms with Crippen LogP contribution in [0.4, 0.5) is 5.82 Å². The predicted octanol–water partition coefficient (Wildman–Crippen LogP) is 1.60. The predicted molar refractivity (Wildman–Crippen MR) is 109 cm³/mol. The number of aromatic nitrogens is 2. The lowest BCUT2D eigenvalue weighted by Crippen LogP contribution is -2.41. The van der Waals surface area contributed by atoms with Gasteiger partial charge in [0, 0.05) is 26.7 Å². The van der Waals surface area contributed by atoms with E-state index in [9.17, 15) is 5.26 Å². The Hall–Kier alpha value is -3.05. The lowest BCUT2D eigenvalue weighted by atomic mass is 10.1. The number of nitrogens with one attached hydrogen (secondary N) is 2. The Balaban J connectivity index is 1.52. The second-order valence-electron chi connectivity index (χ2n) is 6.68. The Morgan fingerprint density at radius 2 is 2.21 bits per heavy atom. The SMILES string of the molecule is CN=C(NCCCc1nn(-c2ccccc2)c(N)c1C#N)NCC1CCCO1. The highest BCUT2D eigenvalue weighted by Gasteiger charge is 2.17. The average molecular weight is 381 g/mol. The van der Waals surface area contributed by atoms with Gasteiger partial charge in [-0.05, 0) is 37.8 Å². The number of anilines is 1. The minimum atomic E-state index is 0.265. The van der Waals surface area contributed by atoms with Gasteiger partial charge in [-0.1, -0.05) is 18.2 Å². The van der Waals surface area contributed by atoms with Gasteiger partial charge in [0.05, 0.1) is 17.5 Å². The normalized spacial score (nSPS) is 16.7. The van der Waals surface area contributed by atoms with Gasteiger partial charge in [0.25, 0.3) is 0 Å².